The number of nitrogens with one attached hydrogen (secondary N) is 2. The second-order valence-electron chi connectivity index (χ2n) is 5.05. The Kier molecular flexibility index (Phi) is 7.18. The van der Waals surface area contributed by atoms with Gasteiger partial charge in [-0.05, 0) is 35.3 Å². The van der Waals surface area contributed by atoms with Crippen molar-refractivity contribution in [2.45, 2.75) is 19.8 Å². The van der Waals surface area contributed by atoms with Crippen molar-refractivity contribution >= 4 is 27.7 Å². The van der Waals surface area contributed by atoms with Crippen LogP contribution in [0.15, 0.2) is 10.7 Å². The second-order valence-corrected chi connectivity index (χ2v) is 5.91. The molecule has 0 aliphatic carbocycles. The molecule has 1 aromatic rings. The number of aromatic nitrogens is 2. The quantitative estimate of drug-likeness (QED) is 0.695. The van der Waals surface area contributed by atoms with Gasteiger partial charge in [-0.15, -0.1) is 0 Å². The Hall–Kier alpha value is -0.920. The summed E-state index contributed by atoms with van der Waals surface area (Å²) in [6.45, 7) is 8.81. The summed E-state index contributed by atoms with van der Waals surface area (Å²) in [4.78, 5) is 11.2. The van der Waals surface area contributed by atoms with Crippen molar-refractivity contribution in [2.24, 2.45) is 0 Å². The molecular formula is C14H24BrN5O. The van der Waals surface area contributed by atoms with Crippen molar-refractivity contribution < 1.29 is 4.74 Å². The van der Waals surface area contributed by atoms with E-state index in [-0.39, 0.29) is 0 Å². The van der Waals surface area contributed by atoms with E-state index in [1.165, 1.54) is 0 Å². The van der Waals surface area contributed by atoms with E-state index in [0.717, 1.165) is 69.1 Å². The minimum Gasteiger partial charge on any atom is -0.379 e. The fourth-order valence-corrected chi connectivity index (χ4v) is 2.48. The number of hydrogen-bond donors (Lipinski definition) is 2. The number of morpholine rings is 1. The van der Waals surface area contributed by atoms with Gasteiger partial charge in [0.2, 0.25) is 5.95 Å². The van der Waals surface area contributed by atoms with Gasteiger partial charge in [-0.25, -0.2) is 4.98 Å². The lowest BCUT2D eigenvalue weighted by Crippen LogP contribution is -2.37. The third-order valence-electron chi connectivity index (χ3n) is 3.32. The normalized spacial score (nSPS) is 15.9. The molecule has 2 rings (SSSR count). The van der Waals surface area contributed by atoms with Gasteiger partial charge in [0.05, 0.1) is 17.7 Å². The minimum atomic E-state index is 0.677. The van der Waals surface area contributed by atoms with Crippen molar-refractivity contribution in [1.82, 2.24) is 14.9 Å². The number of ether oxygens (including phenoxy) is 1. The highest BCUT2D eigenvalue weighted by atomic mass is 79.9. The van der Waals surface area contributed by atoms with Crippen LogP contribution >= 0.6 is 15.9 Å². The Bertz CT molecular complexity index is 426. The largest absolute Gasteiger partial charge is 0.379 e. The zero-order chi connectivity index (χ0) is 14.9. The van der Waals surface area contributed by atoms with Crippen LogP contribution in [0.5, 0.6) is 0 Å². The highest BCUT2D eigenvalue weighted by Crippen LogP contribution is 2.20. The molecule has 21 heavy (non-hydrogen) atoms. The summed E-state index contributed by atoms with van der Waals surface area (Å²) in [5.74, 6) is 1.53. The van der Waals surface area contributed by atoms with Gasteiger partial charge in [-0.1, -0.05) is 6.92 Å². The zero-order valence-electron chi connectivity index (χ0n) is 12.6. The molecule has 0 saturated carbocycles. The Balaban J connectivity index is 1.73. The molecule has 1 aliphatic heterocycles. The van der Waals surface area contributed by atoms with Crippen LogP contribution in [-0.4, -0.2) is 60.8 Å². The summed E-state index contributed by atoms with van der Waals surface area (Å²) in [5.41, 5.74) is 0. The average Bonchev–Trinajstić information content (AvgIpc) is 2.53. The third-order valence-corrected chi connectivity index (χ3v) is 3.90. The van der Waals surface area contributed by atoms with Crippen LogP contribution in [0.2, 0.25) is 0 Å². The van der Waals surface area contributed by atoms with Gasteiger partial charge in [-0.3, -0.25) is 4.90 Å². The van der Waals surface area contributed by atoms with Crippen molar-refractivity contribution in [3.63, 3.8) is 0 Å². The van der Waals surface area contributed by atoms with Gasteiger partial charge < -0.3 is 15.4 Å². The average molecular weight is 358 g/mol. The first-order chi connectivity index (χ1) is 10.3. The molecule has 0 unspecified atom stereocenters. The SMILES string of the molecule is CCCNc1ncc(Br)c(NCCCN2CCOCC2)n1. The molecule has 118 valence electrons. The highest BCUT2D eigenvalue weighted by Gasteiger charge is 2.09. The molecule has 2 N–H and O–H groups in total. The van der Waals surface area contributed by atoms with Crippen LogP contribution in [-0.2, 0) is 4.74 Å². The standard InChI is InChI=1S/C14H24BrN5O/c1-2-4-17-14-18-11-12(15)13(19-14)16-5-3-6-20-7-9-21-10-8-20/h11H,2-10H2,1H3,(H2,16,17,18,19). The van der Waals surface area contributed by atoms with Gasteiger partial charge in [0.25, 0.3) is 0 Å². The highest BCUT2D eigenvalue weighted by molar-refractivity contribution is 9.10. The fourth-order valence-electron chi connectivity index (χ4n) is 2.15. The third kappa shape index (κ3) is 5.76. The molecule has 0 atom stereocenters. The summed E-state index contributed by atoms with van der Waals surface area (Å²) in [6.07, 6.45) is 3.94. The van der Waals surface area contributed by atoms with Crippen LogP contribution < -0.4 is 10.6 Å². The summed E-state index contributed by atoms with van der Waals surface area (Å²) in [5, 5.41) is 6.57. The van der Waals surface area contributed by atoms with E-state index in [4.69, 9.17) is 4.74 Å². The van der Waals surface area contributed by atoms with Gasteiger partial charge in [0, 0.05) is 32.4 Å². The molecule has 6 nitrogen and oxygen atoms in total. The fraction of sp³-hybridized carbons (Fsp3) is 0.714. The molecule has 0 radical (unpaired) electrons. The van der Waals surface area contributed by atoms with Crippen LogP contribution in [0.25, 0.3) is 0 Å². The number of nitrogens with zero attached hydrogens (tertiary/aromatic N) is 3. The van der Waals surface area contributed by atoms with Crippen molar-refractivity contribution in [3.8, 4) is 0 Å². The monoisotopic (exact) mass is 357 g/mol. The number of anilines is 2. The first kappa shape index (κ1) is 16.5. The zero-order valence-corrected chi connectivity index (χ0v) is 14.2. The number of hydrogen-bond acceptors (Lipinski definition) is 6. The summed E-state index contributed by atoms with van der Waals surface area (Å²) >= 11 is 3.49. The first-order valence-corrected chi connectivity index (χ1v) is 8.39. The molecule has 2 heterocycles. The van der Waals surface area contributed by atoms with Gasteiger partial charge in [-0.2, -0.15) is 4.98 Å². The maximum atomic E-state index is 5.35. The Morgan fingerprint density at radius 2 is 2.10 bits per heavy atom. The van der Waals surface area contributed by atoms with Gasteiger partial charge in [0.15, 0.2) is 0 Å². The van der Waals surface area contributed by atoms with Crippen LogP contribution in [0.4, 0.5) is 11.8 Å². The van der Waals surface area contributed by atoms with E-state index >= 15 is 0 Å². The van der Waals surface area contributed by atoms with Crippen LogP contribution in [0, 0.1) is 0 Å². The van der Waals surface area contributed by atoms with E-state index < -0.39 is 0 Å². The molecule has 7 heteroatoms. The summed E-state index contributed by atoms with van der Waals surface area (Å²) in [7, 11) is 0. The molecule has 0 bridgehead atoms. The van der Waals surface area contributed by atoms with Gasteiger partial charge in [0.1, 0.15) is 5.82 Å². The van der Waals surface area contributed by atoms with Crippen molar-refractivity contribution in [2.75, 3.05) is 56.6 Å². The lowest BCUT2D eigenvalue weighted by molar-refractivity contribution is 0.0378. The number of rotatable bonds is 8. The molecule has 1 saturated heterocycles. The Labute approximate surface area is 134 Å². The van der Waals surface area contributed by atoms with E-state index in [1.54, 1.807) is 6.20 Å². The van der Waals surface area contributed by atoms with E-state index in [2.05, 4.69) is 48.4 Å². The van der Waals surface area contributed by atoms with E-state index in [1.807, 2.05) is 0 Å². The van der Waals surface area contributed by atoms with E-state index in [0.29, 0.717) is 5.95 Å². The lowest BCUT2D eigenvalue weighted by atomic mass is 10.3. The van der Waals surface area contributed by atoms with Crippen molar-refractivity contribution in [1.29, 1.82) is 0 Å². The molecule has 1 fully saturated rings. The molecule has 0 amide bonds. The predicted molar refractivity (Wildman–Crippen MR) is 88.9 cm³/mol. The molecule has 1 aliphatic rings. The molecule has 0 spiro atoms. The summed E-state index contributed by atoms with van der Waals surface area (Å²) < 4.78 is 6.25. The second kappa shape index (κ2) is 9.17. The van der Waals surface area contributed by atoms with Gasteiger partial charge >= 0.3 is 0 Å². The molecule has 1 aromatic heterocycles. The first-order valence-electron chi connectivity index (χ1n) is 7.60. The topological polar surface area (TPSA) is 62.3 Å². The predicted octanol–water partition coefficient (Wildman–Crippen LogP) is 2.20. The Morgan fingerprint density at radius 3 is 2.86 bits per heavy atom. The van der Waals surface area contributed by atoms with E-state index in [9.17, 15) is 0 Å². The Morgan fingerprint density at radius 1 is 1.29 bits per heavy atom. The maximum absolute atomic E-state index is 5.35. The van der Waals surface area contributed by atoms with Crippen LogP contribution in [0.3, 0.4) is 0 Å². The van der Waals surface area contributed by atoms with Crippen molar-refractivity contribution in [3.05, 3.63) is 10.7 Å². The number of halogens is 1. The maximum Gasteiger partial charge on any atom is 0.224 e. The molecule has 0 aromatic carbocycles. The molecular weight excluding hydrogens is 334 g/mol. The van der Waals surface area contributed by atoms with Crippen LogP contribution in [0.1, 0.15) is 19.8 Å². The lowest BCUT2D eigenvalue weighted by Gasteiger charge is -2.26. The smallest absolute Gasteiger partial charge is 0.224 e. The minimum absolute atomic E-state index is 0.677. The summed E-state index contributed by atoms with van der Waals surface area (Å²) in [6, 6.07) is 0.